The number of nitrogens with zero attached hydrogens (tertiary/aromatic N) is 2. The van der Waals surface area contributed by atoms with Crippen molar-refractivity contribution in [3.05, 3.63) is 5.51 Å². The fourth-order valence-electron chi connectivity index (χ4n) is 1.90. The molecule has 1 N–H and O–H groups in total. The van der Waals surface area contributed by atoms with Crippen molar-refractivity contribution in [1.29, 1.82) is 0 Å². The summed E-state index contributed by atoms with van der Waals surface area (Å²) in [5.41, 5.74) is 1.75. The van der Waals surface area contributed by atoms with Gasteiger partial charge in [0.25, 0.3) is 0 Å². The molecule has 0 spiro atoms. The van der Waals surface area contributed by atoms with Gasteiger partial charge in [-0.05, 0) is 25.7 Å². The van der Waals surface area contributed by atoms with Crippen molar-refractivity contribution in [3.8, 4) is 0 Å². The van der Waals surface area contributed by atoms with Gasteiger partial charge in [-0.1, -0.05) is 11.3 Å². The van der Waals surface area contributed by atoms with E-state index in [-0.39, 0.29) is 0 Å². The van der Waals surface area contributed by atoms with Crippen LogP contribution in [-0.2, 0) is 4.74 Å². The number of methoxy groups -OCH3 is 1. The van der Waals surface area contributed by atoms with Crippen LogP contribution in [0.5, 0.6) is 0 Å². The number of hydrogen-bond donors (Lipinski definition) is 1. The summed E-state index contributed by atoms with van der Waals surface area (Å²) >= 11 is 1.55. The van der Waals surface area contributed by atoms with Gasteiger partial charge in [0.15, 0.2) is 0 Å². The van der Waals surface area contributed by atoms with Crippen molar-refractivity contribution in [3.63, 3.8) is 0 Å². The van der Waals surface area contributed by atoms with Gasteiger partial charge in [-0.25, -0.2) is 0 Å². The lowest BCUT2D eigenvalue weighted by molar-refractivity contribution is 0.0669. The van der Waals surface area contributed by atoms with Crippen LogP contribution in [0.15, 0.2) is 5.51 Å². The molecule has 1 saturated carbocycles. The van der Waals surface area contributed by atoms with E-state index >= 15 is 0 Å². The van der Waals surface area contributed by atoms with E-state index in [2.05, 4.69) is 15.5 Å². The van der Waals surface area contributed by atoms with Gasteiger partial charge >= 0.3 is 0 Å². The first-order chi connectivity index (χ1) is 6.88. The molecule has 78 valence electrons. The molecule has 0 aliphatic heterocycles. The number of aromatic nitrogens is 2. The Morgan fingerprint density at radius 3 is 3.21 bits per heavy atom. The summed E-state index contributed by atoms with van der Waals surface area (Å²) < 4.78 is 5.37. The summed E-state index contributed by atoms with van der Waals surface area (Å²) in [5, 5.41) is 12.1. The Hall–Kier alpha value is -0.680. The first-order valence-corrected chi connectivity index (χ1v) is 5.82. The highest BCUT2D eigenvalue weighted by Gasteiger charge is 2.21. The molecule has 0 aromatic carbocycles. The normalized spacial score (nSPS) is 27.5. The summed E-state index contributed by atoms with van der Waals surface area (Å²) in [6.45, 7) is 0. The van der Waals surface area contributed by atoms with Gasteiger partial charge in [-0.15, -0.1) is 10.2 Å². The maximum absolute atomic E-state index is 5.37. The van der Waals surface area contributed by atoms with Crippen LogP contribution in [0.3, 0.4) is 0 Å². The third-order valence-electron chi connectivity index (χ3n) is 2.65. The molecule has 4 nitrogen and oxygen atoms in total. The van der Waals surface area contributed by atoms with E-state index in [0.29, 0.717) is 12.1 Å². The van der Waals surface area contributed by atoms with E-state index in [0.717, 1.165) is 11.6 Å². The second-order valence-electron chi connectivity index (χ2n) is 3.61. The lowest BCUT2D eigenvalue weighted by Gasteiger charge is -2.28. The maximum atomic E-state index is 5.37. The van der Waals surface area contributed by atoms with E-state index < -0.39 is 0 Å². The van der Waals surface area contributed by atoms with Crippen molar-refractivity contribution in [2.75, 3.05) is 12.4 Å². The third-order valence-corrected chi connectivity index (χ3v) is 3.27. The Balaban J connectivity index is 1.86. The van der Waals surface area contributed by atoms with Crippen molar-refractivity contribution in [2.24, 2.45) is 0 Å². The molecule has 5 heteroatoms. The standard InChI is InChI=1S/C9H15N3OS/c1-13-8-4-2-3-7(5-8)11-9-12-10-6-14-9/h6-8H,2-5H2,1H3,(H,11,12). The fourth-order valence-corrected chi connectivity index (χ4v) is 2.42. The molecule has 0 amide bonds. The molecule has 0 saturated heterocycles. The largest absolute Gasteiger partial charge is 0.381 e. The highest BCUT2D eigenvalue weighted by atomic mass is 32.1. The molecule has 1 aromatic heterocycles. The molecule has 1 aromatic rings. The highest BCUT2D eigenvalue weighted by Crippen LogP contribution is 2.24. The monoisotopic (exact) mass is 213 g/mol. The van der Waals surface area contributed by atoms with Gasteiger partial charge in [0.2, 0.25) is 5.13 Å². The average molecular weight is 213 g/mol. The number of anilines is 1. The predicted octanol–water partition coefficient (Wildman–Crippen LogP) is 1.91. The summed E-state index contributed by atoms with van der Waals surface area (Å²) in [5.74, 6) is 0. The Morgan fingerprint density at radius 1 is 1.57 bits per heavy atom. The van der Waals surface area contributed by atoms with Crippen LogP contribution in [0.2, 0.25) is 0 Å². The molecular formula is C9H15N3OS. The average Bonchev–Trinajstić information content (AvgIpc) is 2.71. The maximum Gasteiger partial charge on any atom is 0.205 e. The Labute approximate surface area is 87.7 Å². The van der Waals surface area contributed by atoms with Gasteiger partial charge in [0, 0.05) is 13.2 Å². The second-order valence-corrected chi connectivity index (χ2v) is 4.44. The minimum atomic E-state index is 0.411. The van der Waals surface area contributed by atoms with E-state index in [9.17, 15) is 0 Å². The van der Waals surface area contributed by atoms with Gasteiger partial charge < -0.3 is 10.1 Å². The zero-order valence-corrected chi connectivity index (χ0v) is 9.09. The number of nitrogens with one attached hydrogen (secondary N) is 1. The van der Waals surface area contributed by atoms with Crippen LogP contribution in [0.1, 0.15) is 25.7 Å². The van der Waals surface area contributed by atoms with E-state index in [1.807, 2.05) is 0 Å². The van der Waals surface area contributed by atoms with Gasteiger partial charge in [-0.2, -0.15) is 0 Å². The number of ether oxygens (including phenoxy) is 1. The van der Waals surface area contributed by atoms with Gasteiger partial charge in [0.05, 0.1) is 6.10 Å². The lowest BCUT2D eigenvalue weighted by atomic mass is 9.93. The summed E-state index contributed by atoms with van der Waals surface area (Å²) in [6.07, 6.45) is 5.11. The molecule has 1 aliphatic carbocycles. The lowest BCUT2D eigenvalue weighted by Crippen LogP contribution is -2.30. The quantitative estimate of drug-likeness (QED) is 0.833. The zero-order chi connectivity index (χ0) is 9.80. The molecule has 0 bridgehead atoms. The van der Waals surface area contributed by atoms with Crippen molar-refractivity contribution < 1.29 is 4.74 Å². The van der Waals surface area contributed by atoms with Crippen molar-refractivity contribution >= 4 is 16.5 Å². The molecule has 2 rings (SSSR count). The molecule has 1 aliphatic rings. The first kappa shape index (κ1) is 9.86. The summed E-state index contributed by atoms with van der Waals surface area (Å²) in [7, 11) is 1.79. The Kier molecular flexibility index (Phi) is 3.31. The van der Waals surface area contributed by atoms with Crippen LogP contribution >= 0.6 is 11.3 Å². The minimum Gasteiger partial charge on any atom is -0.381 e. The van der Waals surface area contributed by atoms with Crippen molar-refractivity contribution in [2.45, 2.75) is 37.8 Å². The van der Waals surface area contributed by atoms with Gasteiger partial charge in [0.1, 0.15) is 5.51 Å². The number of hydrogen-bond acceptors (Lipinski definition) is 5. The summed E-state index contributed by atoms with van der Waals surface area (Å²) in [6, 6.07) is 0.502. The molecule has 1 fully saturated rings. The van der Waals surface area contributed by atoms with Crippen LogP contribution in [0.25, 0.3) is 0 Å². The van der Waals surface area contributed by atoms with Crippen LogP contribution in [-0.4, -0.2) is 29.5 Å². The molecular weight excluding hydrogens is 198 g/mol. The van der Waals surface area contributed by atoms with Crippen molar-refractivity contribution in [1.82, 2.24) is 10.2 Å². The highest BCUT2D eigenvalue weighted by molar-refractivity contribution is 7.13. The van der Waals surface area contributed by atoms with E-state index in [1.54, 1.807) is 24.0 Å². The fraction of sp³-hybridized carbons (Fsp3) is 0.778. The summed E-state index contributed by atoms with van der Waals surface area (Å²) in [4.78, 5) is 0. The Bertz CT molecular complexity index is 265. The van der Waals surface area contributed by atoms with E-state index in [1.165, 1.54) is 19.3 Å². The van der Waals surface area contributed by atoms with Crippen LogP contribution in [0, 0.1) is 0 Å². The van der Waals surface area contributed by atoms with E-state index in [4.69, 9.17) is 4.74 Å². The molecule has 2 atom stereocenters. The molecule has 2 unspecified atom stereocenters. The molecule has 14 heavy (non-hydrogen) atoms. The van der Waals surface area contributed by atoms with Crippen LogP contribution < -0.4 is 5.32 Å². The first-order valence-electron chi connectivity index (χ1n) is 4.94. The minimum absolute atomic E-state index is 0.411. The SMILES string of the molecule is COC1CCCC(Nc2nncs2)C1. The zero-order valence-electron chi connectivity index (χ0n) is 8.27. The second kappa shape index (κ2) is 4.70. The topological polar surface area (TPSA) is 47.0 Å². The molecule has 0 radical (unpaired) electrons. The third kappa shape index (κ3) is 2.42. The predicted molar refractivity (Wildman–Crippen MR) is 56.6 cm³/mol. The van der Waals surface area contributed by atoms with Gasteiger partial charge in [-0.3, -0.25) is 0 Å². The molecule has 1 heterocycles. The van der Waals surface area contributed by atoms with Crippen LogP contribution in [0.4, 0.5) is 5.13 Å². The smallest absolute Gasteiger partial charge is 0.205 e. The Morgan fingerprint density at radius 2 is 2.50 bits per heavy atom. The number of rotatable bonds is 3.